The summed E-state index contributed by atoms with van der Waals surface area (Å²) in [5.41, 5.74) is 2.63. The van der Waals surface area contributed by atoms with E-state index in [4.69, 9.17) is 0 Å². The van der Waals surface area contributed by atoms with Crippen molar-refractivity contribution >= 4 is 34.1 Å². The van der Waals surface area contributed by atoms with Crippen LogP contribution in [0.1, 0.15) is 34.2 Å². The van der Waals surface area contributed by atoms with Crippen LogP contribution in [0.4, 0.5) is 13.2 Å². The molecule has 4 aromatic rings. The Morgan fingerprint density at radius 1 is 1.06 bits per heavy atom. The number of nitrogens with one attached hydrogen (secondary N) is 1. The van der Waals surface area contributed by atoms with Gasteiger partial charge < -0.3 is 5.32 Å². The molecule has 0 atom stereocenters. The Labute approximate surface area is 196 Å². The molecular formula is C24H19F3IN3O. The van der Waals surface area contributed by atoms with Gasteiger partial charge in [-0.15, -0.1) is 0 Å². The monoisotopic (exact) mass is 549 g/mol. The van der Waals surface area contributed by atoms with Gasteiger partial charge in [0.25, 0.3) is 5.91 Å². The van der Waals surface area contributed by atoms with Crippen LogP contribution in [-0.4, -0.2) is 15.3 Å². The molecule has 2 heterocycles. The van der Waals surface area contributed by atoms with Crippen molar-refractivity contribution in [3.05, 3.63) is 92.9 Å². The van der Waals surface area contributed by atoms with Crippen molar-refractivity contribution in [2.75, 3.05) is 0 Å². The Kier molecular flexibility index (Phi) is 6.23. The number of carbonyl (C=O) groups excluding carboxylic acids is 1. The van der Waals surface area contributed by atoms with Crippen LogP contribution in [0, 0.1) is 3.57 Å². The van der Waals surface area contributed by atoms with Crippen LogP contribution >= 0.6 is 22.6 Å². The zero-order chi connectivity index (χ0) is 22.9. The predicted molar refractivity (Wildman–Crippen MR) is 125 cm³/mol. The van der Waals surface area contributed by atoms with Gasteiger partial charge in [0.15, 0.2) is 0 Å². The third-order valence-electron chi connectivity index (χ3n) is 5.16. The number of benzene rings is 2. The first-order valence-electron chi connectivity index (χ1n) is 9.98. The number of fused-ring (bicyclic) bond motifs is 1. The average molecular weight is 549 g/mol. The molecule has 164 valence electrons. The Morgan fingerprint density at radius 2 is 1.78 bits per heavy atom. The van der Waals surface area contributed by atoms with Crippen molar-refractivity contribution in [2.24, 2.45) is 0 Å². The summed E-state index contributed by atoms with van der Waals surface area (Å²) in [6.07, 6.45) is -1.94. The van der Waals surface area contributed by atoms with E-state index in [2.05, 4.69) is 32.9 Å². The molecule has 4 rings (SSSR count). The van der Waals surface area contributed by atoms with E-state index < -0.39 is 11.7 Å². The summed E-state index contributed by atoms with van der Waals surface area (Å²) in [7, 11) is 0. The minimum atomic E-state index is -4.42. The number of nitrogens with zero attached hydrogens (tertiary/aromatic N) is 2. The zero-order valence-electron chi connectivity index (χ0n) is 17.1. The van der Waals surface area contributed by atoms with Crippen LogP contribution in [0.2, 0.25) is 0 Å². The summed E-state index contributed by atoms with van der Waals surface area (Å²) in [5, 5.41) is 2.90. The van der Waals surface area contributed by atoms with E-state index in [1.807, 2.05) is 25.3 Å². The van der Waals surface area contributed by atoms with E-state index in [-0.39, 0.29) is 18.0 Å². The molecular weight excluding hydrogens is 530 g/mol. The summed E-state index contributed by atoms with van der Waals surface area (Å²) in [6.45, 7) is 2.20. The molecule has 0 saturated carbocycles. The molecule has 0 radical (unpaired) electrons. The number of halogens is 4. The van der Waals surface area contributed by atoms with Gasteiger partial charge in [0.2, 0.25) is 0 Å². The maximum atomic E-state index is 13.3. The fraction of sp³-hybridized carbons (Fsp3) is 0.167. The molecule has 0 bridgehead atoms. The number of hydrogen-bond donors (Lipinski definition) is 1. The molecule has 0 saturated heterocycles. The lowest BCUT2D eigenvalue weighted by atomic mass is 9.98. The first-order chi connectivity index (χ1) is 15.3. The third-order valence-corrected chi connectivity index (χ3v) is 5.79. The molecule has 32 heavy (non-hydrogen) atoms. The van der Waals surface area contributed by atoms with Gasteiger partial charge in [0.05, 0.1) is 11.3 Å². The number of aromatic nitrogens is 2. The highest BCUT2D eigenvalue weighted by molar-refractivity contribution is 14.1. The van der Waals surface area contributed by atoms with Crippen molar-refractivity contribution in [3.8, 4) is 11.1 Å². The Balaban J connectivity index is 1.53. The van der Waals surface area contributed by atoms with E-state index >= 15 is 0 Å². The maximum Gasteiger partial charge on any atom is 0.417 e. The van der Waals surface area contributed by atoms with Gasteiger partial charge in [0.1, 0.15) is 11.3 Å². The number of alkyl halides is 3. The number of amides is 1. The van der Waals surface area contributed by atoms with Crippen molar-refractivity contribution in [1.82, 2.24) is 14.7 Å². The Morgan fingerprint density at radius 3 is 2.47 bits per heavy atom. The average Bonchev–Trinajstić information content (AvgIpc) is 3.15. The van der Waals surface area contributed by atoms with E-state index in [9.17, 15) is 18.0 Å². The van der Waals surface area contributed by atoms with Gasteiger partial charge >= 0.3 is 6.18 Å². The Hall–Kier alpha value is -2.88. The van der Waals surface area contributed by atoms with E-state index in [0.29, 0.717) is 29.0 Å². The van der Waals surface area contributed by atoms with Gasteiger partial charge in [-0.3, -0.25) is 9.20 Å². The molecule has 0 aliphatic rings. The molecule has 0 spiro atoms. The lowest BCUT2D eigenvalue weighted by molar-refractivity contribution is -0.137. The minimum Gasteiger partial charge on any atom is -0.347 e. The number of rotatable bonds is 5. The fourth-order valence-corrected chi connectivity index (χ4v) is 4.06. The topological polar surface area (TPSA) is 46.4 Å². The van der Waals surface area contributed by atoms with Crippen LogP contribution < -0.4 is 5.32 Å². The summed E-state index contributed by atoms with van der Waals surface area (Å²) >= 11 is 2.18. The molecule has 0 fully saturated rings. The second kappa shape index (κ2) is 8.93. The summed E-state index contributed by atoms with van der Waals surface area (Å²) < 4.78 is 42.7. The maximum absolute atomic E-state index is 13.3. The van der Waals surface area contributed by atoms with Gasteiger partial charge in [-0.25, -0.2) is 4.98 Å². The van der Waals surface area contributed by atoms with E-state index in [1.54, 1.807) is 34.7 Å². The van der Waals surface area contributed by atoms with Crippen LogP contribution in [0.15, 0.2) is 66.9 Å². The van der Waals surface area contributed by atoms with Crippen molar-refractivity contribution in [2.45, 2.75) is 26.1 Å². The number of hydrogen-bond acceptors (Lipinski definition) is 2. The third kappa shape index (κ3) is 4.50. The second-order valence-corrected chi connectivity index (χ2v) is 8.50. The standard InChI is InChI=1S/C24H19F3IN3O/c1-2-20-22(31-14-17(28)11-12-21(31)30-20)23(32)29-13-15-7-9-16(10-8-15)18-5-3-4-6-19(18)24(25,26)27/h3-12,14H,2,13H2,1H3,(H,29,32). The highest BCUT2D eigenvalue weighted by atomic mass is 127. The number of pyridine rings is 1. The van der Waals surface area contributed by atoms with Gasteiger partial charge in [-0.05, 0) is 63.9 Å². The Bertz CT molecular complexity index is 1280. The molecule has 2 aromatic heterocycles. The first-order valence-corrected chi connectivity index (χ1v) is 11.1. The largest absolute Gasteiger partial charge is 0.417 e. The van der Waals surface area contributed by atoms with E-state index in [0.717, 1.165) is 15.2 Å². The fourth-order valence-electron chi connectivity index (χ4n) is 3.60. The smallest absolute Gasteiger partial charge is 0.347 e. The van der Waals surface area contributed by atoms with Gasteiger partial charge in [-0.2, -0.15) is 13.2 Å². The number of imidazole rings is 1. The molecule has 0 unspecified atom stereocenters. The minimum absolute atomic E-state index is 0.128. The lowest BCUT2D eigenvalue weighted by Gasteiger charge is -2.13. The van der Waals surface area contributed by atoms with Crippen LogP contribution in [-0.2, 0) is 19.1 Å². The summed E-state index contributed by atoms with van der Waals surface area (Å²) in [6, 6.07) is 16.0. The zero-order valence-corrected chi connectivity index (χ0v) is 19.2. The molecule has 4 nitrogen and oxygen atoms in total. The van der Waals surface area contributed by atoms with Gasteiger partial charge in [0, 0.05) is 16.3 Å². The number of aryl methyl sites for hydroxylation is 1. The van der Waals surface area contributed by atoms with Crippen LogP contribution in [0.3, 0.4) is 0 Å². The summed E-state index contributed by atoms with van der Waals surface area (Å²) in [4.78, 5) is 17.5. The lowest BCUT2D eigenvalue weighted by Crippen LogP contribution is -2.25. The molecule has 1 N–H and O–H groups in total. The normalized spacial score (nSPS) is 11.7. The molecule has 2 aromatic carbocycles. The van der Waals surface area contributed by atoms with E-state index in [1.165, 1.54) is 12.1 Å². The summed E-state index contributed by atoms with van der Waals surface area (Å²) in [5.74, 6) is -0.247. The SMILES string of the molecule is CCc1nc2ccc(I)cn2c1C(=O)NCc1ccc(-c2ccccc2C(F)(F)F)cc1. The number of carbonyl (C=O) groups is 1. The molecule has 0 aliphatic carbocycles. The van der Waals surface area contributed by atoms with Crippen molar-refractivity contribution < 1.29 is 18.0 Å². The highest BCUT2D eigenvalue weighted by Gasteiger charge is 2.33. The van der Waals surface area contributed by atoms with Gasteiger partial charge in [-0.1, -0.05) is 49.4 Å². The predicted octanol–water partition coefficient (Wildman–Crippen LogP) is 6.12. The molecule has 0 aliphatic heterocycles. The van der Waals surface area contributed by atoms with Crippen molar-refractivity contribution in [1.29, 1.82) is 0 Å². The second-order valence-electron chi connectivity index (χ2n) is 7.26. The first kappa shape index (κ1) is 22.3. The molecule has 1 amide bonds. The van der Waals surface area contributed by atoms with Crippen LogP contribution in [0.5, 0.6) is 0 Å². The molecule has 8 heteroatoms. The van der Waals surface area contributed by atoms with Crippen LogP contribution in [0.25, 0.3) is 16.8 Å². The highest BCUT2D eigenvalue weighted by Crippen LogP contribution is 2.36. The quantitative estimate of drug-likeness (QED) is 0.305. The van der Waals surface area contributed by atoms with Crippen molar-refractivity contribution in [3.63, 3.8) is 0 Å².